The number of imidazole rings is 1. The maximum Gasteiger partial charge on any atom is 0.0953 e. The van der Waals surface area contributed by atoms with Crippen molar-refractivity contribution in [3.63, 3.8) is 0 Å². The van der Waals surface area contributed by atoms with Gasteiger partial charge in [-0.15, -0.1) is 0 Å². The summed E-state index contributed by atoms with van der Waals surface area (Å²) in [6.07, 6.45) is 3.79. The van der Waals surface area contributed by atoms with Crippen LogP contribution in [-0.2, 0) is 17.8 Å². The third-order valence-corrected chi connectivity index (χ3v) is 3.44. The van der Waals surface area contributed by atoms with E-state index in [1.54, 1.807) is 19.5 Å². The highest BCUT2D eigenvalue weighted by Crippen LogP contribution is 2.21. The van der Waals surface area contributed by atoms with Gasteiger partial charge in [0.25, 0.3) is 0 Å². The molecule has 0 saturated heterocycles. The first-order valence-corrected chi connectivity index (χ1v) is 7.09. The average molecular weight is 314 g/mol. The van der Waals surface area contributed by atoms with E-state index in [1.165, 1.54) is 0 Å². The molecule has 0 atom stereocenters. The minimum Gasteiger partial charge on any atom is -0.383 e. The Bertz CT molecular complexity index is 557. The van der Waals surface area contributed by atoms with Crippen LogP contribution in [0.25, 0.3) is 0 Å². The minimum atomic E-state index is 0.657. The Hall–Kier alpha value is -1.07. The number of benzene rings is 1. The van der Waals surface area contributed by atoms with E-state index < -0.39 is 0 Å². The normalized spacial score (nSPS) is 10.9. The third kappa shape index (κ3) is 4.49. The van der Waals surface area contributed by atoms with Crippen molar-refractivity contribution in [2.24, 2.45) is 0 Å². The van der Waals surface area contributed by atoms with E-state index in [2.05, 4.69) is 10.3 Å². The van der Waals surface area contributed by atoms with Crippen LogP contribution in [0.3, 0.4) is 0 Å². The van der Waals surface area contributed by atoms with Crippen LogP contribution >= 0.6 is 23.2 Å². The Labute approximate surface area is 128 Å². The standard InChI is InChI=1S/C14H17Cl2N3O/c1-20-5-4-17-7-13-9-19(10-18-13)8-11-6-12(15)2-3-14(11)16/h2-3,6,9-10,17H,4-5,7-8H2,1H3. The largest absolute Gasteiger partial charge is 0.383 e. The van der Waals surface area contributed by atoms with E-state index in [4.69, 9.17) is 27.9 Å². The summed E-state index contributed by atoms with van der Waals surface area (Å²) in [7, 11) is 1.69. The van der Waals surface area contributed by atoms with E-state index >= 15 is 0 Å². The molecule has 1 aromatic heterocycles. The molecule has 0 amide bonds. The number of methoxy groups -OCH3 is 1. The molecule has 1 heterocycles. The Morgan fingerprint density at radius 1 is 1.35 bits per heavy atom. The molecular formula is C14H17Cl2N3O. The molecule has 4 nitrogen and oxygen atoms in total. The van der Waals surface area contributed by atoms with Gasteiger partial charge in [-0.05, 0) is 23.8 Å². The molecule has 0 unspecified atom stereocenters. The van der Waals surface area contributed by atoms with E-state index in [-0.39, 0.29) is 0 Å². The van der Waals surface area contributed by atoms with Crippen LogP contribution in [0.5, 0.6) is 0 Å². The molecule has 2 rings (SSSR count). The molecule has 0 fully saturated rings. The van der Waals surface area contributed by atoms with Crippen LogP contribution in [-0.4, -0.2) is 29.8 Å². The number of halogens is 2. The van der Waals surface area contributed by atoms with Crippen LogP contribution in [0.4, 0.5) is 0 Å². The lowest BCUT2D eigenvalue weighted by Crippen LogP contribution is -2.18. The molecule has 0 saturated carbocycles. The number of rotatable bonds is 7. The number of aromatic nitrogens is 2. The second kappa shape index (κ2) is 7.64. The molecule has 6 heteroatoms. The molecule has 0 aliphatic rings. The van der Waals surface area contributed by atoms with Crippen molar-refractivity contribution in [2.45, 2.75) is 13.1 Å². The van der Waals surface area contributed by atoms with Gasteiger partial charge in [0.15, 0.2) is 0 Å². The monoisotopic (exact) mass is 313 g/mol. The molecule has 1 N–H and O–H groups in total. The van der Waals surface area contributed by atoms with E-state index in [1.807, 2.05) is 22.9 Å². The molecule has 0 aliphatic heterocycles. The van der Waals surface area contributed by atoms with Crippen molar-refractivity contribution >= 4 is 23.2 Å². The fourth-order valence-corrected chi connectivity index (χ4v) is 2.21. The van der Waals surface area contributed by atoms with Crippen LogP contribution < -0.4 is 5.32 Å². The van der Waals surface area contributed by atoms with Crippen LogP contribution in [0.1, 0.15) is 11.3 Å². The zero-order valence-corrected chi connectivity index (χ0v) is 12.8. The Kier molecular flexibility index (Phi) is 5.86. The molecule has 108 valence electrons. The SMILES string of the molecule is COCCNCc1cn(Cc2cc(Cl)ccc2Cl)cn1. The number of nitrogens with zero attached hydrogens (tertiary/aromatic N) is 2. The smallest absolute Gasteiger partial charge is 0.0953 e. The molecule has 0 radical (unpaired) electrons. The summed E-state index contributed by atoms with van der Waals surface area (Å²) in [5.41, 5.74) is 1.97. The average Bonchev–Trinajstić information content (AvgIpc) is 2.87. The second-order valence-corrected chi connectivity index (χ2v) is 5.29. The van der Waals surface area contributed by atoms with Crippen molar-refractivity contribution in [3.8, 4) is 0 Å². The third-order valence-electron chi connectivity index (χ3n) is 2.84. The lowest BCUT2D eigenvalue weighted by molar-refractivity contribution is 0.199. The summed E-state index contributed by atoms with van der Waals surface area (Å²) in [5.74, 6) is 0. The van der Waals surface area contributed by atoms with Gasteiger partial charge in [-0.2, -0.15) is 0 Å². The zero-order valence-electron chi connectivity index (χ0n) is 11.3. The van der Waals surface area contributed by atoms with E-state index in [9.17, 15) is 0 Å². The second-order valence-electron chi connectivity index (χ2n) is 4.44. The summed E-state index contributed by atoms with van der Waals surface area (Å²) in [4.78, 5) is 4.35. The van der Waals surface area contributed by atoms with Gasteiger partial charge in [0.2, 0.25) is 0 Å². The minimum absolute atomic E-state index is 0.657. The number of ether oxygens (including phenoxy) is 1. The lowest BCUT2D eigenvalue weighted by atomic mass is 10.2. The van der Waals surface area contributed by atoms with Gasteiger partial charge < -0.3 is 14.6 Å². The quantitative estimate of drug-likeness (QED) is 0.799. The first-order chi connectivity index (χ1) is 9.69. The predicted octanol–water partition coefficient (Wildman–Crippen LogP) is 2.97. The van der Waals surface area contributed by atoms with Crippen LogP contribution in [0.2, 0.25) is 10.0 Å². The first-order valence-electron chi connectivity index (χ1n) is 6.33. The maximum absolute atomic E-state index is 6.15. The fourth-order valence-electron chi connectivity index (χ4n) is 1.84. The summed E-state index contributed by atoms with van der Waals surface area (Å²) in [5, 5.41) is 4.65. The fraction of sp³-hybridized carbons (Fsp3) is 0.357. The predicted molar refractivity (Wildman–Crippen MR) is 81.4 cm³/mol. The van der Waals surface area contributed by atoms with Crippen LogP contribution in [0.15, 0.2) is 30.7 Å². The first kappa shape index (κ1) is 15.3. The summed E-state index contributed by atoms with van der Waals surface area (Å²) >= 11 is 12.1. The molecule has 20 heavy (non-hydrogen) atoms. The van der Waals surface area contributed by atoms with Crippen molar-refractivity contribution < 1.29 is 4.74 Å². The topological polar surface area (TPSA) is 39.1 Å². The Balaban J connectivity index is 1.93. The Morgan fingerprint density at radius 2 is 2.20 bits per heavy atom. The molecule has 0 spiro atoms. The Morgan fingerprint density at radius 3 is 3.00 bits per heavy atom. The molecule has 0 bridgehead atoms. The van der Waals surface area contributed by atoms with Gasteiger partial charge >= 0.3 is 0 Å². The van der Waals surface area contributed by atoms with Crippen molar-refractivity contribution in [3.05, 3.63) is 52.0 Å². The molecule has 0 aliphatic carbocycles. The lowest BCUT2D eigenvalue weighted by Gasteiger charge is -2.05. The summed E-state index contributed by atoms with van der Waals surface area (Å²) < 4.78 is 6.96. The molecule has 2 aromatic rings. The zero-order chi connectivity index (χ0) is 14.4. The maximum atomic E-state index is 6.15. The van der Waals surface area contributed by atoms with Gasteiger partial charge in [-0.1, -0.05) is 23.2 Å². The highest BCUT2D eigenvalue weighted by molar-refractivity contribution is 6.33. The highest BCUT2D eigenvalue weighted by Gasteiger charge is 2.04. The van der Waals surface area contributed by atoms with Crippen molar-refractivity contribution in [1.29, 1.82) is 0 Å². The molecular weight excluding hydrogens is 297 g/mol. The van der Waals surface area contributed by atoms with Crippen molar-refractivity contribution in [1.82, 2.24) is 14.9 Å². The number of hydrogen-bond acceptors (Lipinski definition) is 3. The molecule has 1 aromatic carbocycles. The van der Waals surface area contributed by atoms with Gasteiger partial charge in [-0.3, -0.25) is 0 Å². The summed E-state index contributed by atoms with van der Waals surface area (Å²) in [6.45, 7) is 2.88. The number of hydrogen-bond donors (Lipinski definition) is 1. The van der Waals surface area contributed by atoms with Gasteiger partial charge in [0.1, 0.15) is 0 Å². The number of nitrogens with one attached hydrogen (secondary N) is 1. The van der Waals surface area contributed by atoms with Gasteiger partial charge in [-0.25, -0.2) is 4.98 Å². The van der Waals surface area contributed by atoms with E-state index in [0.717, 1.165) is 24.3 Å². The van der Waals surface area contributed by atoms with E-state index in [0.29, 0.717) is 23.2 Å². The van der Waals surface area contributed by atoms with Gasteiger partial charge in [0.05, 0.1) is 25.2 Å². The van der Waals surface area contributed by atoms with Crippen LogP contribution in [0, 0.1) is 0 Å². The van der Waals surface area contributed by atoms with Gasteiger partial charge in [0, 0.05) is 36.4 Å². The van der Waals surface area contributed by atoms with Crippen molar-refractivity contribution in [2.75, 3.05) is 20.3 Å². The highest BCUT2D eigenvalue weighted by atomic mass is 35.5. The summed E-state index contributed by atoms with van der Waals surface area (Å²) in [6, 6.07) is 5.47.